The average Bonchev–Trinajstić information content (AvgIpc) is 2.97. The maximum absolute atomic E-state index is 12.1. The molecular formula is C12H21N3O2. The van der Waals surface area contributed by atoms with Gasteiger partial charge in [-0.1, -0.05) is 6.92 Å². The van der Waals surface area contributed by atoms with Crippen molar-refractivity contribution in [3.63, 3.8) is 0 Å². The van der Waals surface area contributed by atoms with Gasteiger partial charge in [0.1, 0.15) is 0 Å². The zero-order valence-electron chi connectivity index (χ0n) is 10.5. The molecule has 2 N–H and O–H groups in total. The number of carbonyl (C=O) groups is 2. The lowest BCUT2D eigenvalue weighted by atomic mass is 9.97. The monoisotopic (exact) mass is 239 g/mol. The summed E-state index contributed by atoms with van der Waals surface area (Å²) in [4.78, 5) is 25.2. The first-order chi connectivity index (χ1) is 8.08. The number of hydrogen-bond acceptors (Lipinski definition) is 3. The van der Waals surface area contributed by atoms with E-state index in [4.69, 9.17) is 0 Å². The van der Waals surface area contributed by atoms with E-state index in [1.165, 1.54) is 0 Å². The van der Waals surface area contributed by atoms with Gasteiger partial charge in [0.05, 0.1) is 12.5 Å². The third-order valence-corrected chi connectivity index (χ3v) is 3.53. The van der Waals surface area contributed by atoms with Crippen molar-refractivity contribution >= 4 is 11.8 Å². The summed E-state index contributed by atoms with van der Waals surface area (Å²) in [6.45, 7) is 3.87. The van der Waals surface area contributed by atoms with Crippen LogP contribution in [-0.2, 0) is 9.59 Å². The fourth-order valence-electron chi connectivity index (χ4n) is 2.22. The second-order valence-corrected chi connectivity index (χ2v) is 5.28. The lowest BCUT2D eigenvalue weighted by Gasteiger charge is -2.22. The maximum Gasteiger partial charge on any atom is 0.239 e. The third kappa shape index (κ3) is 3.19. The van der Waals surface area contributed by atoms with Crippen LogP contribution >= 0.6 is 0 Å². The van der Waals surface area contributed by atoms with E-state index in [0.29, 0.717) is 12.0 Å². The largest absolute Gasteiger partial charge is 0.352 e. The van der Waals surface area contributed by atoms with E-state index in [9.17, 15) is 9.59 Å². The normalized spacial score (nSPS) is 27.9. The molecule has 1 saturated carbocycles. The summed E-state index contributed by atoms with van der Waals surface area (Å²) < 4.78 is 0. The fraction of sp³-hybridized carbons (Fsp3) is 0.833. The van der Waals surface area contributed by atoms with Crippen LogP contribution in [0.15, 0.2) is 0 Å². The van der Waals surface area contributed by atoms with Gasteiger partial charge in [-0.05, 0) is 25.3 Å². The quantitative estimate of drug-likeness (QED) is 0.700. The molecule has 2 rings (SSSR count). The van der Waals surface area contributed by atoms with Crippen LogP contribution in [0, 0.1) is 11.8 Å². The first-order valence-corrected chi connectivity index (χ1v) is 6.33. The zero-order chi connectivity index (χ0) is 12.4. The molecule has 5 heteroatoms. The predicted octanol–water partition coefficient (Wildman–Crippen LogP) is -0.421. The smallest absolute Gasteiger partial charge is 0.239 e. The molecule has 1 aliphatic heterocycles. The van der Waals surface area contributed by atoms with Gasteiger partial charge in [-0.25, -0.2) is 0 Å². The Morgan fingerprint density at radius 1 is 1.35 bits per heavy atom. The van der Waals surface area contributed by atoms with E-state index >= 15 is 0 Å². The van der Waals surface area contributed by atoms with Gasteiger partial charge in [0.25, 0.3) is 0 Å². The van der Waals surface area contributed by atoms with Crippen LogP contribution in [0.4, 0.5) is 0 Å². The molecule has 0 spiro atoms. The van der Waals surface area contributed by atoms with Gasteiger partial charge in [-0.2, -0.15) is 0 Å². The maximum atomic E-state index is 12.1. The van der Waals surface area contributed by atoms with Crippen molar-refractivity contribution in [1.29, 1.82) is 0 Å². The molecule has 2 atom stereocenters. The Morgan fingerprint density at radius 3 is 2.59 bits per heavy atom. The average molecular weight is 239 g/mol. The predicted molar refractivity (Wildman–Crippen MR) is 64.3 cm³/mol. The number of carbonyl (C=O) groups excluding carboxylic acids is 2. The number of nitrogens with zero attached hydrogens (tertiary/aromatic N) is 1. The highest BCUT2D eigenvalue weighted by molar-refractivity contribution is 5.86. The minimum Gasteiger partial charge on any atom is -0.352 e. The SMILES string of the molecule is C[C@@H]1CNC[C@H]1C(=O)N(C)CC(=O)NC1CC1. The molecule has 2 aliphatic rings. The van der Waals surface area contributed by atoms with E-state index in [-0.39, 0.29) is 24.3 Å². The van der Waals surface area contributed by atoms with Crippen molar-refractivity contribution in [2.24, 2.45) is 11.8 Å². The number of rotatable bonds is 4. The molecule has 0 unspecified atom stereocenters. The minimum atomic E-state index is -0.0399. The molecule has 2 amide bonds. The molecule has 17 heavy (non-hydrogen) atoms. The van der Waals surface area contributed by atoms with Gasteiger partial charge in [0.2, 0.25) is 11.8 Å². The van der Waals surface area contributed by atoms with Gasteiger partial charge in [0.15, 0.2) is 0 Å². The van der Waals surface area contributed by atoms with Crippen LogP contribution in [0.2, 0.25) is 0 Å². The molecule has 1 saturated heterocycles. The van der Waals surface area contributed by atoms with Crippen molar-refractivity contribution in [2.45, 2.75) is 25.8 Å². The van der Waals surface area contributed by atoms with E-state index in [1.807, 2.05) is 0 Å². The van der Waals surface area contributed by atoms with E-state index < -0.39 is 0 Å². The molecule has 0 bridgehead atoms. The molecular weight excluding hydrogens is 218 g/mol. The summed E-state index contributed by atoms with van der Waals surface area (Å²) in [6, 6.07) is 0.359. The third-order valence-electron chi connectivity index (χ3n) is 3.53. The Balaban J connectivity index is 1.79. The van der Waals surface area contributed by atoms with E-state index in [1.54, 1.807) is 11.9 Å². The fourth-order valence-corrected chi connectivity index (χ4v) is 2.22. The van der Waals surface area contributed by atoms with E-state index in [2.05, 4.69) is 17.6 Å². The van der Waals surface area contributed by atoms with Crippen molar-refractivity contribution < 1.29 is 9.59 Å². The number of hydrogen-bond donors (Lipinski definition) is 2. The van der Waals surface area contributed by atoms with Crippen LogP contribution in [0.1, 0.15) is 19.8 Å². The van der Waals surface area contributed by atoms with Gasteiger partial charge in [0, 0.05) is 19.6 Å². The minimum absolute atomic E-state index is 0.0220. The Hall–Kier alpha value is -1.10. The van der Waals surface area contributed by atoms with E-state index in [0.717, 1.165) is 25.9 Å². The summed E-state index contributed by atoms with van der Waals surface area (Å²) in [5, 5.41) is 6.10. The Bertz CT molecular complexity index is 315. The first-order valence-electron chi connectivity index (χ1n) is 6.33. The highest BCUT2D eigenvalue weighted by Crippen LogP contribution is 2.19. The molecule has 1 aliphatic carbocycles. The summed E-state index contributed by atoms with van der Waals surface area (Å²) >= 11 is 0. The highest BCUT2D eigenvalue weighted by Gasteiger charge is 2.32. The summed E-state index contributed by atoms with van der Waals surface area (Å²) in [6.07, 6.45) is 2.15. The van der Waals surface area contributed by atoms with Gasteiger partial charge >= 0.3 is 0 Å². The second-order valence-electron chi connectivity index (χ2n) is 5.28. The molecule has 5 nitrogen and oxygen atoms in total. The summed E-state index contributed by atoms with van der Waals surface area (Å²) in [5.74, 6) is 0.417. The molecule has 2 fully saturated rings. The standard InChI is InChI=1S/C12H21N3O2/c1-8-5-13-6-10(8)12(17)15(2)7-11(16)14-9-3-4-9/h8-10,13H,3-7H2,1-2H3,(H,14,16)/t8-,10-/m1/s1. The lowest BCUT2D eigenvalue weighted by Crippen LogP contribution is -2.43. The molecule has 0 aromatic rings. The van der Waals surface area contributed by atoms with Gasteiger partial charge in [-0.15, -0.1) is 0 Å². The molecule has 1 heterocycles. The Kier molecular flexibility index (Phi) is 3.66. The van der Waals surface area contributed by atoms with Crippen LogP contribution in [0.25, 0.3) is 0 Å². The van der Waals surface area contributed by atoms with Crippen LogP contribution in [-0.4, -0.2) is 49.4 Å². The molecule has 0 radical (unpaired) electrons. The van der Waals surface area contributed by atoms with Gasteiger partial charge in [-0.3, -0.25) is 9.59 Å². The van der Waals surface area contributed by atoms with Gasteiger partial charge < -0.3 is 15.5 Å². The van der Waals surface area contributed by atoms with Crippen molar-refractivity contribution in [3.8, 4) is 0 Å². The number of nitrogens with one attached hydrogen (secondary N) is 2. The Morgan fingerprint density at radius 2 is 2.06 bits per heavy atom. The Labute approximate surface area is 102 Å². The van der Waals surface area contributed by atoms with Crippen LogP contribution in [0.3, 0.4) is 0 Å². The molecule has 0 aromatic carbocycles. The lowest BCUT2D eigenvalue weighted by molar-refractivity contribution is -0.138. The summed E-state index contributed by atoms with van der Waals surface area (Å²) in [5.41, 5.74) is 0. The van der Waals surface area contributed by atoms with Crippen molar-refractivity contribution in [2.75, 3.05) is 26.7 Å². The van der Waals surface area contributed by atoms with Crippen LogP contribution in [0.5, 0.6) is 0 Å². The molecule has 0 aromatic heterocycles. The second kappa shape index (κ2) is 5.04. The highest BCUT2D eigenvalue weighted by atomic mass is 16.2. The van der Waals surface area contributed by atoms with Crippen molar-refractivity contribution in [3.05, 3.63) is 0 Å². The summed E-state index contributed by atoms with van der Waals surface area (Å²) in [7, 11) is 1.71. The number of amides is 2. The number of likely N-dealkylation sites (N-methyl/N-ethyl adjacent to an activating group) is 1. The topological polar surface area (TPSA) is 61.4 Å². The van der Waals surface area contributed by atoms with Crippen LogP contribution < -0.4 is 10.6 Å². The van der Waals surface area contributed by atoms with Crippen molar-refractivity contribution in [1.82, 2.24) is 15.5 Å². The zero-order valence-corrected chi connectivity index (χ0v) is 10.5. The molecule has 96 valence electrons. The first kappa shape index (κ1) is 12.4.